The lowest BCUT2D eigenvalue weighted by atomic mass is 9.99. The van der Waals surface area contributed by atoms with Crippen molar-refractivity contribution in [3.05, 3.63) is 0 Å². The maximum atomic E-state index is 13.1. The minimum atomic E-state index is -4.96. The third-order valence-electron chi connectivity index (χ3n) is 20.2. The molecule has 0 amide bonds. The van der Waals surface area contributed by atoms with E-state index in [4.69, 9.17) is 37.0 Å². The molecule has 0 heterocycles. The van der Waals surface area contributed by atoms with Crippen LogP contribution in [0.25, 0.3) is 0 Å². The number of rotatable bonds is 79. The van der Waals surface area contributed by atoms with Crippen LogP contribution in [0.15, 0.2) is 0 Å². The Kier molecular flexibility index (Phi) is 69.6. The highest BCUT2D eigenvalue weighted by Gasteiger charge is 2.30. The van der Waals surface area contributed by atoms with Gasteiger partial charge in [0.05, 0.1) is 26.4 Å². The average molecular weight is 1480 g/mol. The lowest BCUT2D eigenvalue weighted by Gasteiger charge is -2.21. The molecule has 0 aliphatic rings. The number of hydrogen-bond acceptors (Lipinski definition) is 15. The number of esters is 4. The summed E-state index contributed by atoms with van der Waals surface area (Å²) in [5.41, 5.74) is 0. The third-order valence-corrected chi connectivity index (χ3v) is 22.1. The molecule has 17 nitrogen and oxygen atoms in total. The van der Waals surface area contributed by atoms with E-state index in [0.717, 1.165) is 120 Å². The van der Waals surface area contributed by atoms with E-state index in [2.05, 4.69) is 55.4 Å². The van der Waals surface area contributed by atoms with Crippen LogP contribution < -0.4 is 0 Å². The normalized spacial score (nSPS) is 14.8. The smallest absolute Gasteiger partial charge is 0.462 e. The number of hydrogen-bond donors (Lipinski definition) is 3. The topological polar surface area (TPSA) is 237 Å². The number of phosphoric acid groups is 2. The van der Waals surface area contributed by atoms with Crippen LogP contribution in [0.4, 0.5) is 0 Å². The van der Waals surface area contributed by atoms with Crippen LogP contribution in [-0.2, 0) is 65.4 Å². The van der Waals surface area contributed by atoms with Crippen molar-refractivity contribution in [3.63, 3.8) is 0 Å². The van der Waals surface area contributed by atoms with Gasteiger partial charge in [-0.25, -0.2) is 9.13 Å². The van der Waals surface area contributed by atoms with Crippen molar-refractivity contribution in [1.82, 2.24) is 0 Å². The molecule has 0 fully saturated rings. The number of unbranched alkanes of at least 4 members (excludes halogenated alkanes) is 42. The van der Waals surface area contributed by atoms with E-state index in [-0.39, 0.29) is 25.7 Å². The van der Waals surface area contributed by atoms with Crippen molar-refractivity contribution in [2.45, 2.75) is 440 Å². The van der Waals surface area contributed by atoms with Gasteiger partial charge in [0.2, 0.25) is 0 Å². The Morgan fingerprint density at radius 2 is 0.475 bits per heavy atom. The van der Waals surface area contributed by atoms with Crippen molar-refractivity contribution >= 4 is 39.5 Å². The van der Waals surface area contributed by atoms with Crippen LogP contribution in [0, 0.1) is 23.7 Å². The minimum absolute atomic E-state index is 0.106. The molecular formula is C82H160O17P2. The molecule has 0 bridgehead atoms. The van der Waals surface area contributed by atoms with Crippen molar-refractivity contribution in [2.75, 3.05) is 39.6 Å². The van der Waals surface area contributed by atoms with Crippen LogP contribution in [0.3, 0.4) is 0 Å². The molecule has 0 saturated heterocycles. The molecule has 0 saturated carbocycles. The molecule has 8 atom stereocenters. The van der Waals surface area contributed by atoms with Crippen molar-refractivity contribution in [2.24, 2.45) is 23.7 Å². The summed E-state index contributed by atoms with van der Waals surface area (Å²) in [4.78, 5) is 73.1. The van der Waals surface area contributed by atoms with E-state index < -0.39 is 97.5 Å². The molecule has 0 aromatic carbocycles. The summed E-state index contributed by atoms with van der Waals surface area (Å²) in [5.74, 6) is 1.09. The van der Waals surface area contributed by atoms with Gasteiger partial charge in [0, 0.05) is 25.7 Å². The summed E-state index contributed by atoms with van der Waals surface area (Å²) in [5, 5.41) is 10.7. The molecule has 0 aromatic rings. The van der Waals surface area contributed by atoms with Gasteiger partial charge in [-0.1, -0.05) is 370 Å². The highest BCUT2D eigenvalue weighted by Crippen LogP contribution is 2.45. The summed E-state index contributed by atoms with van der Waals surface area (Å²) >= 11 is 0. The highest BCUT2D eigenvalue weighted by molar-refractivity contribution is 7.47. The van der Waals surface area contributed by atoms with E-state index in [0.29, 0.717) is 25.7 Å². The number of ether oxygens (including phenoxy) is 4. The molecule has 19 heteroatoms. The molecule has 5 unspecified atom stereocenters. The number of carbonyl (C=O) groups is 4. The summed E-state index contributed by atoms with van der Waals surface area (Å²) in [6.07, 6.45) is 58.1. The average Bonchev–Trinajstić information content (AvgIpc) is 0.966. The molecule has 101 heavy (non-hydrogen) atoms. The fourth-order valence-electron chi connectivity index (χ4n) is 12.5. The van der Waals surface area contributed by atoms with Gasteiger partial charge in [-0.3, -0.25) is 37.3 Å². The maximum absolute atomic E-state index is 13.1. The van der Waals surface area contributed by atoms with Gasteiger partial charge in [0.1, 0.15) is 19.3 Å². The lowest BCUT2D eigenvalue weighted by Crippen LogP contribution is -2.30. The monoisotopic (exact) mass is 1480 g/mol. The maximum Gasteiger partial charge on any atom is 0.472 e. The Hall–Kier alpha value is -1.94. The first-order valence-corrected chi connectivity index (χ1v) is 45.3. The second-order valence-corrected chi connectivity index (χ2v) is 33.6. The summed E-state index contributed by atoms with van der Waals surface area (Å²) < 4.78 is 68.8. The fourth-order valence-corrected chi connectivity index (χ4v) is 14.1. The molecular weight excluding hydrogens is 1320 g/mol. The fraction of sp³-hybridized carbons (Fsp3) is 0.951. The minimum Gasteiger partial charge on any atom is -0.462 e. The van der Waals surface area contributed by atoms with Crippen LogP contribution in [-0.4, -0.2) is 96.7 Å². The van der Waals surface area contributed by atoms with Crippen molar-refractivity contribution in [1.29, 1.82) is 0 Å². The van der Waals surface area contributed by atoms with Crippen molar-refractivity contribution < 1.29 is 80.2 Å². The highest BCUT2D eigenvalue weighted by atomic mass is 31.2. The van der Waals surface area contributed by atoms with Gasteiger partial charge < -0.3 is 33.8 Å². The Labute approximate surface area is 619 Å². The molecule has 600 valence electrons. The van der Waals surface area contributed by atoms with Crippen LogP contribution in [0.5, 0.6) is 0 Å². The molecule has 0 spiro atoms. The second kappa shape index (κ2) is 71.0. The molecule has 0 aliphatic heterocycles. The van der Waals surface area contributed by atoms with E-state index in [1.165, 1.54) is 218 Å². The number of carbonyl (C=O) groups excluding carboxylic acids is 4. The molecule has 3 N–H and O–H groups in total. The molecule has 0 aromatic heterocycles. The third kappa shape index (κ3) is 72.1. The zero-order valence-corrected chi connectivity index (χ0v) is 68.3. The van der Waals surface area contributed by atoms with Crippen LogP contribution in [0.1, 0.15) is 421 Å². The van der Waals surface area contributed by atoms with Gasteiger partial charge in [-0.05, 0) is 49.4 Å². The number of aliphatic hydroxyl groups is 1. The molecule has 0 radical (unpaired) electrons. The second-order valence-electron chi connectivity index (χ2n) is 30.7. The zero-order chi connectivity index (χ0) is 74.6. The van der Waals surface area contributed by atoms with E-state index >= 15 is 0 Å². The van der Waals surface area contributed by atoms with Crippen LogP contribution >= 0.6 is 15.6 Å². The number of phosphoric ester groups is 2. The van der Waals surface area contributed by atoms with Gasteiger partial charge in [0.15, 0.2) is 12.2 Å². The Morgan fingerprint density at radius 1 is 0.277 bits per heavy atom. The largest absolute Gasteiger partial charge is 0.472 e. The standard InChI is InChI=1S/C82H160O17P2/c1-9-73(6)59-51-43-35-29-23-16-12-14-18-25-31-37-46-54-62-79(84)92-68-77(98-81(86)64-56-48-38-32-26-19-15-13-17-24-30-36-44-52-60-74(7)10-2)70-96-100(88,89)94-66-76(83)67-95-101(90,91)97-71-78(69-93-80(85)63-55-47-41-40-45-53-61-75(8)11-3)99-82(87)65-57-49-39-33-27-21-20-22-28-34-42-50-58-72(4)5/h72-78,83H,9-71H2,1-8H3,(H,88,89)(H,90,91)/t73?,74?,75?,76-,77-,78-/m1/s1. The SMILES string of the molecule is CCC(C)CCCCCCCCCCCCCCCCC(=O)OC[C@H](COP(=O)(O)OC[C@@H](O)COP(=O)(O)OC[C@@H](COC(=O)CCCCCCCCC(C)CC)OC(=O)CCCCCCCCCCCCCCC(C)C)OC(=O)CCCCCCCCCCCCCCCCC(C)CC. The predicted molar refractivity (Wildman–Crippen MR) is 414 cm³/mol. The first-order valence-electron chi connectivity index (χ1n) is 42.3. The van der Waals surface area contributed by atoms with Crippen LogP contribution in [0.2, 0.25) is 0 Å². The van der Waals surface area contributed by atoms with Gasteiger partial charge >= 0.3 is 39.5 Å². The van der Waals surface area contributed by atoms with E-state index in [1.807, 2.05) is 0 Å². The summed E-state index contributed by atoms with van der Waals surface area (Å²) in [7, 11) is -9.92. The Morgan fingerprint density at radius 3 is 0.703 bits per heavy atom. The van der Waals surface area contributed by atoms with Gasteiger partial charge in [-0.2, -0.15) is 0 Å². The Bertz CT molecular complexity index is 1980. The first-order chi connectivity index (χ1) is 48.7. The van der Waals surface area contributed by atoms with E-state index in [1.54, 1.807) is 0 Å². The number of aliphatic hydroxyl groups excluding tert-OH is 1. The van der Waals surface area contributed by atoms with Gasteiger partial charge in [-0.15, -0.1) is 0 Å². The Balaban J connectivity index is 5.26. The first kappa shape index (κ1) is 99.1. The predicted octanol–water partition coefficient (Wildman–Crippen LogP) is 24.4. The molecule has 0 rings (SSSR count). The molecule has 0 aliphatic carbocycles. The zero-order valence-electron chi connectivity index (χ0n) is 66.5. The lowest BCUT2D eigenvalue weighted by molar-refractivity contribution is -0.161. The quantitative estimate of drug-likeness (QED) is 0.0222. The summed E-state index contributed by atoms with van der Waals surface area (Å²) in [6.45, 7) is 14.3. The summed E-state index contributed by atoms with van der Waals surface area (Å²) in [6, 6.07) is 0. The van der Waals surface area contributed by atoms with Gasteiger partial charge in [0.25, 0.3) is 0 Å². The van der Waals surface area contributed by atoms with E-state index in [9.17, 15) is 43.2 Å². The van der Waals surface area contributed by atoms with Crippen molar-refractivity contribution in [3.8, 4) is 0 Å².